The normalized spacial score (nSPS) is 14.2. The van der Waals surface area contributed by atoms with Crippen molar-refractivity contribution >= 4 is 23.1 Å². The number of carbonyl (C=O) groups is 1. The average Bonchev–Trinajstić information content (AvgIpc) is 3.23. The van der Waals surface area contributed by atoms with Gasteiger partial charge in [-0.25, -0.2) is 4.39 Å². The van der Waals surface area contributed by atoms with Crippen molar-refractivity contribution in [1.29, 1.82) is 0 Å². The van der Waals surface area contributed by atoms with E-state index in [2.05, 4.69) is 14.5 Å². The molecule has 1 aliphatic heterocycles. The van der Waals surface area contributed by atoms with Gasteiger partial charge in [0.2, 0.25) is 0 Å². The lowest BCUT2D eigenvalue weighted by Gasteiger charge is -2.36. The Morgan fingerprint density at radius 3 is 2.50 bits per heavy atom. The maximum atomic E-state index is 13.2. The van der Waals surface area contributed by atoms with Gasteiger partial charge in [0.05, 0.1) is 12.8 Å². The van der Waals surface area contributed by atoms with Gasteiger partial charge in [0, 0.05) is 31.7 Å². The lowest BCUT2D eigenvalue weighted by atomic mass is 10.1. The predicted molar refractivity (Wildman–Crippen MR) is 106 cm³/mol. The van der Waals surface area contributed by atoms with Crippen LogP contribution in [0.3, 0.4) is 0 Å². The zero-order chi connectivity index (χ0) is 19.5. The number of carbonyl (C=O) groups excluding carboxylic acids is 1. The number of hydrogen-bond acceptors (Lipinski definition) is 6. The molecular formula is C20H19FN4O2S. The number of piperazine rings is 1. The van der Waals surface area contributed by atoms with Crippen molar-refractivity contribution < 1.29 is 13.9 Å². The fourth-order valence-electron chi connectivity index (χ4n) is 3.31. The molecule has 144 valence electrons. The number of rotatable bonds is 4. The number of methoxy groups -OCH3 is 1. The highest BCUT2D eigenvalue weighted by molar-refractivity contribution is 7.08. The molecule has 6 nitrogen and oxygen atoms in total. The third-order valence-electron chi connectivity index (χ3n) is 4.79. The first kappa shape index (κ1) is 18.4. The highest BCUT2D eigenvalue weighted by Crippen LogP contribution is 2.30. The maximum absolute atomic E-state index is 13.2. The molecule has 0 N–H and O–H groups in total. The van der Waals surface area contributed by atoms with Gasteiger partial charge in [0.25, 0.3) is 5.91 Å². The van der Waals surface area contributed by atoms with E-state index in [1.54, 1.807) is 19.2 Å². The van der Waals surface area contributed by atoms with Crippen LogP contribution in [-0.2, 0) is 0 Å². The minimum Gasteiger partial charge on any atom is -0.495 e. The summed E-state index contributed by atoms with van der Waals surface area (Å²) in [5.41, 5.74) is 2.22. The van der Waals surface area contributed by atoms with Crippen LogP contribution in [0.2, 0.25) is 0 Å². The summed E-state index contributed by atoms with van der Waals surface area (Å²) >= 11 is 1.07. The molecule has 8 heteroatoms. The summed E-state index contributed by atoms with van der Waals surface area (Å²) in [6.45, 7) is 2.61. The minimum absolute atomic E-state index is 0.0889. The second-order valence-corrected chi connectivity index (χ2v) is 7.16. The molecule has 3 aromatic rings. The lowest BCUT2D eigenvalue weighted by molar-refractivity contribution is 0.0752. The largest absolute Gasteiger partial charge is 0.495 e. The van der Waals surface area contributed by atoms with Crippen LogP contribution in [0, 0.1) is 5.82 Å². The molecule has 1 amide bonds. The van der Waals surface area contributed by atoms with E-state index in [1.165, 1.54) is 12.1 Å². The second-order valence-electron chi connectivity index (χ2n) is 6.41. The Labute approximate surface area is 166 Å². The summed E-state index contributed by atoms with van der Waals surface area (Å²) in [5.74, 6) is 0.411. The number of para-hydroxylation sites is 2. The Morgan fingerprint density at radius 1 is 1.07 bits per heavy atom. The Bertz CT molecular complexity index is 968. The van der Waals surface area contributed by atoms with Crippen molar-refractivity contribution in [2.45, 2.75) is 0 Å². The van der Waals surface area contributed by atoms with Crippen molar-refractivity contribution in [2.75, 3.05) is 38.2 Å². The van der Waals surface area contributed by atoms with Crippen LogP contribution in [-0.4, -0.2) is 53.7 Å². The number of nitrogens with zero attached hydrogens (tertiary/aromatic N) is 4. The van der Waals surface area contributed by atoms with E-state index in [1.807, 2.05) is 29.2 Å². The van der Waals surface area contributed by atoms with Crippen LogP contribution in [0.5, 0.6) is 5.75 Å². The molecule has 2 heterocycles. The molecule has 0 radical (unpaired) electrons. The van der Waals surface area contributed by atoms with Crippen LogP contribution in [0.15, 0.2) is 48.5 Å². The van der Waals surface area contributed by atoms with Crippen molar-refractivity contribution in [2.24, 2.45) is 0 Å². The summed E-state index contributed by atoms with van der Waals surface area (Å²) in [7, 11) is 1.66. The molecule has 2 aromatic carbocycles. The third kappa shape index (κ3) is 3.55. The minimum atomic E-state index is -0.327. The van der Waals surface area contributed by atoms with Crippen LogP contribution >= 0.6 is 11.5 Å². The number of benzene rings is 2. The molecule has 0 unspecified atom stereocenters. The first-order valence-electron chi connectivity index (χ1n) is 8.93. The summed E-state index contributed by atoms with van der Waals surface area (Å²) < 4.78 is 22.6. The molecule has 0 spiro atoms. The van der Waals surface area contributed by atoms with Gasteiger partial charge < -0.3 is 14.5 Å². The van der Waals surface area contributed by atoms with Crippen molar-refractivity contribution in [3.63, 3.8) is 0 Å². The van der Waals surface area contributed by atoms with Gasteiger partial charge in [-0.2, -0.15) is 0 Å². The summed E-state index contributed by atoms with van der Waals surface area (Å²) in [6.07, 6.45) is 0. The van der Waals surface area contributed by atoms with Crippen molar-refractivity contribution in [1.82, 2.24) is 14.5 Å². The van der Waals surface area contributed by atoms with E-state index in [-0.39, 0.29) is 11.7 Å². The smallest absolute Gasteiger partial charge is 0.268 e. The maximum Gasteiger partial charge on any atom is 0.268 e. The van der Waals surface area contributed by atoms with Crippen LogP contribution in [0.4, 0.5) is 10.1 Å². The van der Waals surface area contributed by atoms with Gasteiger partial charge >= 0.3 is 0 Å². The Balaban J connectivity index is 1.48. The molecule has 1 aliphatic rings. The van der Waals surface area contributed by atoms with Gasteiger partial charge in [0.1, 0.15) is 22.1 Å². The van der Waals surface area contributed by atoms with E-state index in [9.17, 15) is 9.18 Å². The van der Waals surface area contributed by atoms with E-state index in [0.717, 1.165) is 23.0 Å². The Hall–Kier alpha value is -3.00. The van der Waals surface area contributed by atoms with Gasteiger partial charge in [0.15, 0.2) is 0 Å². The molecule has 1 saturated heterocycles. The van der Waals surface area contributed by atoms with E-state index >= 15 is 0 Å². The zero-order valence-electron chi connectivity index (χ0n) is 15.3. The average molecular weight is 398 g/mol. The highest BCUT2D eigenvalue weighted by Gasteiger charge is 2.27. The lowest BCUT2D eigenvalue weighted by Crippen LogP contribution is -2.48. The first-order chi connectivity index (χ1) is 13.7. The number of amides is 1. The number of hydrogen-bond donors (Lipinski definition) is 0. The fourth-order valence-corrected chi connectivity index (χ4v) is 3.97. The van der Waals surface area contributed by atoms with Crippen LogP contribution < -0.4 is 9.64 Å². The Morgan fingerprint density at radius 2 is 1.79 bits per heavy atom. The highest BCUT2D eigenvalue weighted by atomic mass is 32.1. The zero-order valence-corrected chi connectivity index (χ0v) is 16.2. The van der Waals surface area contributed by atoms with Crippen molar-refractivity contribution in [3.05, 3.63) is 59.2 Å². The number of halogens is 1. The molecule has 0 bridgehead atoms. The first-order valence-corrected chi connectivity index (χ1v) is 9.70. The summed E-state index contributed by atoms with van der Waals surface area (Å²) in [4.78, 5) is 17.5. The van der Waals surface area contributed by atoms with E-state index < -0.39 is 0 Å². The van der Waals surface area contributed by atoms with Crippen LogP contribution in [0.25, 0.3) is 11.3 Å². The molecule has 0 atom stereocenters. The Kier molecular flexibility index (Phi) is 5.21. The third-order valence-corrected chi connectivity index (χ3v) is 5.51. The monoisotopic (exact) mass is 398 g/mol. The number of ether oxygens (including phenoxy) is 1. The molecule has 4 rings (SSSR count). The molecule has 0 saturated carbocycles. The van der Waals surface area contributed by atoms with Gasteiger partial charge in [-0.15, -0.1) is 5.10 Å². The summed E-state index contributed by atoms with van der Waals surface area (Å²) in [6, 6.07) is 13.8. The standard InChI is InChI=1S/C20H19FN4O2S/c1-27-17-5-3-2-4-16(17)24-10-12-25(13-11-24)20(26)19-18(22-23-28-19)14-6-8-15(21)9-7-14/h2-9H,10-13H2,1H3. The van der Waals surface area contributed by atoms with E-state index in [4.69, 9.17) is 4.74 Å². The quantitative estimate of drug-likeness (QED) is 0.675. The summed E-state index contributed by atoms with van der Waals surface area (Å²) in [5, 5.41) is 4.09. The SMILES string of the molecule is COc1ccccc1N1CCN(C(=O)c2snnc2-c2ccc(F)cc2)CC1. The number of anilines is 1. The molecular weight excluding hydrogens is 379 g/mol. The van der Waals surface area contributed by atoms with Crippen molar-refractivity contribution in [3.8, 4) is 17.0 Å². The van der Waals surface area contributed by atoms with Gasteiger partial charge in [-0.05, 0) is 47.9 Å². The molecule has 1 aromatic heterocycles. The predicted octanol–water partition coefficient (Wildman–Crippen LogP) is 3.32. The van der Waals surface area contributed by atoms with Gasteiger partial charge in [-0.1, -0.05) is 16.6 Å². The van der Waals surface area contributed by atoms with Crippen LogP contribution in [0.1, 0.15) is 9.67 Å². The van der Waals surface area contributed by atoms with Gasteiger partial charge in [-0.3, -0.25) is 4.79 Å². The second kappa shape index (κ2) is 7.93. The topological polar surface area (TPSA) is 58.6 Å². The molecule has 1 fully saturated rings. The molecule has 28 heavy (non-hydrogen) atoms. The fraction of sp³-hybridized carbons (Fsp3) is 0.250. The number of aromatic nitrogens is 2. The molecule has 0 aliphatic carbocycles. The van der Waals surface area contributed by atoms with E-state index in [0.29, 0.717) is 42.3 Å².